The molecule has 6 heteroatoms. The molecule has 0 saturated carbocycles. The van der Waals surface area contributed by atoms with Gasteiger partial charge in [-0.25, -0.2) is 4.98 Å². The molecule has 0 unspecified atom stereocenters. The molecule has 0 atom stereocenters. The number of fused-ring (bicyclic) bond motifs is 4. The van der Waals surface area contributed by atoms with Crippen molar-refractivity contribution in [1.82, 2.24) is 9.55 Å². The molecule has 5 nitrogen and oxygen atoms in total. The molecule has 10 aromatic rings. The van der Waals surface area contributed by atoms with Gasteiger partial charge in [0.2, 0.25) is 0 Å². The standard InChI is InChI=1S/C63H53N4O.Pt/c1-42-36-60(64-40-55(42)44-20-12-9-13-21-44)67-56-35-32-47(63(5,6)7)37-54(56)53-34-33-50(39-59(53)67)68-49-23-16-22-48(38-49)65-41-66(58-27-15-14-26-57(58)65)61-51(43-18-10-8-11-19-43)24-17-25-52(61)45-28-30-46(31-29-45)62(2,3)4;/h8-37,40-41H,1-7H3;/q-3;. The third kappa shape index (κ3) is 8.55. The van der Waals surface area contributed by atoms with Gasteiger partial charge in [-0.05, 0) is 80.8 Å². The molecule has 0 radical (unpaired) electrons. The fraction of sp³-hybridized carbons (Fsp3) is 0.143. The van der Waals surface area contributed by atoms with E-state index >= 15 is 0 Å². The van der Waals surface area contributed by atoms with Gasteiger partial charge >= 0.3 is 0 Å². The summed E-state index contributed by atoms with van der Waals surface area (Å²) in [5.41, 5.74) is 16.7. The number of hydrogen-bond acceptors (Lipinski definition) is 4. The Labute approximate surface area is 420 Å². The Balaban J connectivity index is 0.00000553. The van der Waals surface area contributed by atoms with Crippen LogP contribution in [0, 0.1) is 25.7 Å². The quantitative estimate of drug-likeness (QED) is 0.142. The van der Waals surface area contributed by atoms with Crippen LogP contribution in [-0.4, -0.2) is 9.55 Å². The number of benzene rings is 8. The molecule has 0 spiro atoms. The van der Waals surface area contributed by atoms with Gasteiger partial charge in [-0.1, -0.05) is 174 Å². The molecule has 0 N–H and O–H groups in total. The zero-order valence-corrected chi connectivity index (χ0v) is 42.3. The summed E-state index contributed by atoms with van der Waals surface area (Å²) in [7, 11) is 0. The summed E-state index contributed by atoms with van der Waals surface area (Å²) in [6.45, 7) is 17.9. The van der Waals surface area contributed by atoms with E-state index in [2.05, 4.69) is 239 Å². The minimum atomic E-state index is -0.0152. The molecule has 3 heterocycles. The van der Waals surface area contributed by atoms with Crippen molar-refractivity contribution in [3.8, 4) is 50.7 Å². The van der Waals surface area contributed by atoms with E-state index in [1.807, 2.05) is 30.5 Å². The van der Waals surface area contributed by atoms with E-state index in [1.54, 1.807) is 0 Å². The third-order valence-corrected chi connectivity index (χ3v) is 13.2. The van der Waals surface area contributed by atoms with Crippen LogP contribution in [0.1, 0.15) is 58.2 Å². The van der Waals surface area contributed by atoms with E-state index in [0.717, 1.165) is 89.3 Å². The van der Waals surface area contributed by atoms with Gasteiger partial charge in [-0.2, -0.15) is 12.1 Å². The Hall–Kier alpha value is -7.20. The number of rotatable bonds is 8. The first-order chi connectivity index (χ1) is 32.9. The van der Waals surface area contributed by atoms with E-state index in [0.29, 0.717) is 11.5 Å². The van der Waals surface area contributed by atoms with Gasteiger partial charge in [0.15, 0.2) is 0 Å². The number of para-hydroxylation sites is 3. The summed E-state index contributed by atoms with van der Waals surface area (Å²) >= 11 is 0. The molecule has 0 fully saturated rings. The number of nitrogens with zero attached hydrogens (tertiary/aromatic N) is 4. The third-order valence-electron chi connectivity index (χ3n) is 13.2. The van der Waals surface area contributed by atoms with Crippen LogP contribution in [0.4, 0.5) is 22.7 Å². The monoisotopic (exact) mass is 1080 g/mol. The Bertz CT molecular complexity index is 3490. The maximum absolute atomic E-state index is 6.74. The summed E-state index contributed by atoms with van der Waals surface area (Å²) < 4.78 is 8.96. The number of pyridine rings is 1. The van der Waals surface area contributed by atoms with E-state index in [1.165, 1.54) is 11.1 Å². The van der Waals surface area contributed by atoms with E-state index in [-0.39, 0.29) is 31.9 Å². The Morgan fingerprint density at radius 1 is 0.507 bits per heavy atom. The Kier molecular flexibility index (Phi) is 11.9. The fourth-order valence-corrected chi connectivity index (χ4v) is 9.54. The Morgan fingerprint density at radius 3 is 1.74 bits per heavy atom. The number of aromatic nitrogens is 2. The van der Waals surface area contributed by atoms with E-state index < -0.39 is 0 Å². The van der Waals surface area contributed by atoms with Crippen LogP contribution in [0.25, 0.3) is 61.0 Å². The summed E-state index contributed by atoms with van der Waals surface area (Å²) in [6.07, 6.45) is 1.99. The first-order valence-electron chi connectivity index (χ1n) is 23.4. The second-order valence-electron chi connectivity index (χ2n) is 19.9. The second-order valence-corrected chi connectivity index (χ2v) is 19.9. The molecule has 1 aliphatic rings. The first kappa shape index (κ1) is 45.6. The number of anilines is 4. The van der Waals surface area contributed by atoms with E-state index in [9.17, 15) is 0 Å². The van der Waals surface area contributed by atoms with Crippen LogP contribution in [0.3, 0.4) is 0 Å². The minimum Gasteiger partial charge on any atom is -0.509 e. The molecule has 0 amide bonds. The van der Waals surface area contributed by atoms with Gasteiger partial charge < -0.3 is 19.1 Å². The van der Waals surface area contributed by atoms with Crippen LogP contribution in [0.15, 0.2) is 188 Å². The fourth-order valence-electron chi connectivity index (χ4n) is 9.54. The van der Waals surface area contributed by atoms with Crippen molar-refractivity contribution in [2.75, 3.05) is 9.80 Å². The molecule has 344 valence electrons. The maximum atomic E-state index is 6.74. The van der Waals surface area contributed by atoms with Crippen LogP contribution in [-0.2, 0) is 31.9 Å². The second kappa shape index (κ2) is 18.0. The topological polar surface area (TPSA) is 33.5 Å². The number of aryl methyl sites for hydroxylation is 1. The van der Waals surface area contributed by atoms with Gasteiger partial charge in [0, 0.05) is 78.0 Å². The summed E-state index contributed by atoms with van der Waals surface area (Å²) in [6, 6.07) is 71.9. The zero-order valence-electron chi connectivity index (χ0n) is 40.0. The van der Waals surface area contributed by atoms with Crippen molar-refractivity contribution >= 4 is 44.6 Å². The molecule has 0 aliphatic carbocycles. The number of hydrogen-bond donors (Lipinski definition) is 0. The molecule has 0 bridgehead atoms. The molecule has 11 rings (SSSR count). The van der Waals surface area contributed by atoms with E-state index in [4.69, 9.17) is 9.72 Å². The molecule has 8 aromatic carbocycles. The normalized spacial score (nSPS) is 12.6. The molecule has 2 aromatic heterocycles. The molecular formula is C63H53N4OPt-3. The van der Waals surface area contributed by atoms with Gasteiger partial charge in [0.05, 0.1) is 0 Å². The molecule has 69 heavy (non-hydrogen) atoms. The smallest absolute Gasteiger partial charge is 0.135 e. The largest absolute Gasteiger partial charge is 0.509 e. The maximum Gasteiger partial charge on any atom is 0.135 e. The molecular weight excluding hydrogens is 1020 g/mol. The van der Waals surface area contributed by atoms with Crippen molar-refractivity contribution < 1.29 is 25.8 Å². The van der Waals surface area contributed by atoms with Crippen molar-refractivity contribution in [1.29, 1.82) is 0 Å². The van der Waals surface area contributed by atoms with Gasteiger partial charge in [0.1, 0.15) is 5.82 Å². The predicted octanol–water partition coefficient (Wildman–Crippen LogP) is 16.9. The van der Waals surface area contributed by atoms with Gasteiger partial charge in [-0.3, -0.25) is 0 Å². The predicted molar refractivity (Wildman–Crippen MR) is 283 cm³/mol. The van der Waals surface area contributed by atoms with Crippen LogP contribution >= 0.6 is 0 Å². The Morgan fingerprint density at radius 2 is 1.09 bits per heavy atom. The SMILES string of the molecule is Cc1cc(-n2c3[c-]c(Oc4[c-]c(N5[CH-]N(c6c(-c7ccccc7)cccc6-c6ccc(C(C)(C)C)cc6)c6ccccc65)ccc4)ccc3c3cc(C(C)(C)C)ccc32)ncc1-c1ccccc1.[Pt]. The summed E-state index contributed by atoms with van der Waals surface area (Å²) in [5, 5.41) is 2.24. The van der Waals surface area contributed by atoms with Crippen molar-refractivity contribution in [2.24, 2.45) is 0 Å². The zero-order chi connectivity index (χ0) is 46.7. The first-order valence-corrected chi connectivity index (χ1v) is 23.4. The summed E-state index contributed by atoms with van der Waals surface area (Å²) in [4.78, 5) is 9.63. The molecule has 0 saturated heterocycles. The average Bonchev–Trinajstić information content (AvgIpc) is 3.89. The van der Waals surface area contributed by atoms with Crippen molar-refractivity contribution in [2.45, 2.75) is 59.3 Å². The van der Waals surface area contributed by atoms with Crippen LogP contribution in [0.5, 0.6) is 11.5 Å². The van der Waals surface area contributed by atoms with Crippen molar-refractivity contribution in [3.63, 3.8) is 0 Å². The van der Waals surface area contributed by atoms with Crippen molar-refractivity contribution in [3.05, 3.63) is 224 Å². The minimum absolute atomic E-state index is 0. The molecule has 1 aliphatic heterocycles. The van der Waals surface area contributed by atoms with Crippen LogP contribution in [0.2, 0.25) is 0 Å². The average molecular weight is 1080 g/mol. The summed E-state index contributed by atoms with van der Waals surface area (Å²) in [5.74, 6) is 2.01. The van der Waals surface area contributed by atoms with Gasteiger partial charge in [-0.15, -0.1) is 48.1 Å². The van der Waals surface area contributed by atoms with Crippen LogP contribution < -0.4 is 14.5 Å². The number of ether oxygens (including phenoxy) is 1. The van der Waals surface area contributed by atoms with Gasteiger partial charge in [0.25, 0.3) is 0 Å².